The Bertz CT molecular complexity index is 1470. The summed E-state index contributed by atoms with van der Waals surface area (Å²) in [6.45, 7) is 13.9. The topological polar surface area (TPSA) is 175 Å². The van der Waals surface area contributed by atoms with E-state index >= 15 is 0 Å². The van der Waals surface area contributed by atoms with Crippen molar-refractivity contribution in [2.24, 2.45) is 23.7 Å². The Morgan fingerprint density at radius 3 is 2.24 bits per heavy atom. The van der Waals surface area contributed by atoms with Gasteiger partial charge in [-0.05, 0) is 69.1 Å². The van der Waals surface area contributed by atoms with Crippen LogP contribution in [0, 0.1) is 23.7 Å². The highest BCUT2D eigenvalue weighted by molar-refractivity contribution is 5.91. The molecule has 1 heterocycles. The highest BCUT2D eigenvalue weighted by Gasteiger charge is 2.37. The van der Waals surface area contributed by atoms with Crippen LogP contribution in [0.4, 0.5) is 4.79 Å². The van der Waals surface area contributed by atoms with Gasteiger partial charge in [-0.15, -0.1) is 0 Å². The molecule has 308 valence electrons. The number of hydrogen-bond donors (Lipinski definition) is 5. The summed E-state index contributed by atoms with van der Waals surface area (Å²) in [6.07, 6.45) is 8.62. The second-order valence-corrected chi connectivity index (χ2v) is 16.8. The van der Waals surface area contributed by atoms with Crippen LogP contribution >= 0.6 is 0 Å². The van der Waals surface area contributed by atoms with Crippen LogP contribution in [-0.4, -0.2) is 94.3 Å². The molecule has 0 unspecified atom stereocenters. The highest BCUT2D eigenvalue weighted by Crippen LogP contribution is 2.30. The number of imidazole rings is 1. The van der Waals surface area contributed by atoms with Crippen molar-refractivity contribution in [3.05, 3.63) is 48.0 Å². The molecule has 1 fully saturated rings. The summed E-state index contributed by atoms with van der Waals surface area (Å²) in [6, 6.07) is 4.43. The largest absolute Gasteiger partial charge is 0.497 e. The summed E-state index contributed by atoms with van der Waals surface area (Å²) in [5.74, 6) is -0.236. The molecule has 1 aromatic carbocycles. The molecular formula is C42H68N6O7. The fraction of sp³-hybridized carbons (Fsp3) is 0.690. The summed E-state index contributed by atoms with van der Waals surface area (Å²) in [5, 5.41) is 20.9. The van der Waals surface area contributed by atoms with E-state index in [2.05, 4.69) is 39.8 Å². The Morgan fingerprint density at radius 1 is 1.00 bits per heavy atom. The van der Waals surface area contributed by atoms with Crippen molar-refractivity contribution in [1.29, 1.82) is 0 Å². The number of aliphatic hydroxyl groups is 1. The average Bonchev–Trinajstić information content (AvgIpc) is 3.67. The van der Waals surface area contributed by atoms with Gasteiger partial charge in [0.1, 0.15) is 23.4 Å². The van der Waals surface area contributed by atoms with Gasteiger partial charge in [-0.3, -0.25) is 14.4 Å². The lowest BCUT2D eigenvalue weighted by Crippen LogP contribution is -2.58. The third-order valence-electron chi connectivity index (χ3n) is 10.7. The first kappa shape index (κ1) is 45.3. The van der Waals surface area contributed by atoms with Crippen LogP contribution in [0.5, 0.6) is 5.75 Å². The quantitative estimate of drug-likeness (QED) is 0.116. The van der Waals surface area contributed by atoms with Gasteiger partial charge in [0, 0.05) is 44.2 Å². The van der Waals surface area contributed by atoms with Crippen LogP contribution < -0.4 is 20.7 Å². The number of nitrogens with one attached hydrogen (secondary N) is 4. The molecule has 5 N–H and O–H groups in total. The van der Waals surface area contributed by atoms with E-state index in [1.807, 2.05) is 26.0 Å². The molecule has 0 bridgehead atoms. The SMILES string of the molecule is CC[C@H](C)CNC(=O)[C@@H](C[C@H](O)[C@H](CC1CCCCC1)NC(=O)[C@H](Cc1cnc[nH]1)N(C)C(=O)[C@H](Cc1ccc(OC)cc1)NC(=O)OC(C)(C)C)C(C)C. The molecule has 0 aliphatic heterocycles. The molecule has 13 nitrogen and oxygen atoms in total. The van der Waals surface area contributed by atoms with Gasteiger partial charge in [-0.25, -0.2) is 9.78 Å². The normalized spacial score (nSPS) is 16.9. The number of benzene rings is 1. The van der Waals surface area contributed by atoms with Crippen molar-refractivity contribution in [1.82, 2.24) is 30.8 Å². The van der Waals surface area contributed by atoms with Crippen molar-refractivity contribution in [2.75, 3.05) is 20.7 Å². The number of carbonyl (C=O) groups excluding carboxylic acids is 4. The van der Waals surface area contributed by atoms with Gasteiger partial charge in [0.2, 0.25) is 17.7 Å². The number of H-pyrrole nitrogens is 1. The molecular weight excluding hydrogens is 700 g/mol. The van der Waals surface area contributed by atoms with Gasteiger partial charge in [-0.1, -0.05) is 78.4 Å². The standard InChI is InChI=1S/C42H68N6O7/c1-10-28(4)24-44-38(50)33(27(2)3)23-37(49)34(20-29-14-12-11-13-15-29)46-39(51)36(22-31-25-43-26-45-31)48(8)40(52)35(47-41(53)55-42(5,6)7)21-30-16-18-32(54-9)19-17-30/h16-19,25-29,33-37,49H,10-15,20-24H2,1-9H3,(H,43,45)(H,44,50)(H,46,51)(H,47,53)/t28-,33-,34-,35-,36-,37-/m0/s1. The fourth-order valence-electron chi connectivity index (χ4n) is 7.09. The summed E-state index contributed by atoms with van der Waals surface area (Å²) in [4.78, 5) is 64.0. The van der Waals surface area contributed by atoms with Crippen molar-refractivity contribution in [3.8, 4) is 5.75 Å². The van der Waals surface area contributed by atoms with Crippen molar-refractivity contribution < 1.29 is 33.8 Å². The number of aromatic amines is 1. The predicted molar refractivity (Wildman–Crippen MR) is 213 cm³/mol. The smallest absolute Gasteiger partial charge is 0.408 e. The molecule has 1 aliphatic carbocycles. The molecule has 55 heavy (non-hydrogen) atoms. The number of aromatic nitrogens is 2. The Hall–Kier alpha value is -4.13. The number of hydrogen-bond acceptors (Lipinski definition) is 8. The summed E-state index contributed by atoms with van der Waals surface area (Å²) in [5.41, 5.74) is 0.597. The van der Waals surface area contributed by atoms with E-state index in [4.69, 9.17) is 9.47 Å². The maximum absolute atomic E-state index is 14.5. The van der Waals surface area contributed by atoms with Gasteiger partial charge < -0.3 is 40.4 Å². The number of likely N-dealkylation sites (N-methyl/N-ethyl adjacent to an activating group) is 1. The molecule has 2 aromatic rings. The second-order valence-electron chi connectivity index (χ2n) is 16.8. The monoisotopic (exact) mass is 769 g/mol. The number of carbonyl (C=O) groups is 4. The highest BCUT2D eigenvalue weighted by atomic mass is 16.6. The van der Waals surface area contributed by atoms with Gasteiger partial charge in [-0.2, -0.15) is 0 Å². The van der Waals surface area contributed by atoms with Crippen LogP contribution in [0.2, 0.25) is 0 Å². The number of alkyl carbamates (subject to hydrolysis) is 1. The first-order chi connectivity index (χ1) is 26.0. The Balaban J connectivity index is 1.92. The summed E-state index contributed by atoms with van der Waals surface area (Å²) in [7, 11) is 3.11. The minimum Gasteiger partial charge on any atom is -0.497 e. The van der Waals surface area contributed by atoms with E-state index in [0.29, 0.717) is 36.2 Å². The van der Waals surface area contributed by atoms with Gasteiger partial charge in [0.25, 0.3) is 0 Å². The molecule has 6 atom stereocenters. The average molecular weight is 769 g/mol. The number of aliphatic hydroxyl groups excluding tert-OH is 1. The molecule has 0 radical (unpaired) electrons. The molecule has 1 aromatic heterocycles. The van der Waals surface area contributed by atoms with E-state index in [9.17, 15) is 24.3 Å². The molecule has 0 spiro atoms. The maximum Gasteiger partial charge on any atom is 0.408 e. The van der Waals surface area contributed by atoms with E-state index in [-0.39, 0.29) is 31.1 Å². The zero-order chi connectivity index (χ0) is 40.7. The molecule has 0 saturated heterocycles. The van der Waals surface area contributed by atoms with Crippen molar-refractivity contribution in [2.45, 2.75) is 143 Å². The first-order valence-electron chi connectivity index (χ1n) is 20.1. The third kappa shape index (κ3) is 15.1. The number of rotatable bonds is 20. The lowest BCUT2D eigenvalue weighted by Gasteiger charge is -2.35. The van der Waals surface area contributed by atoms with E-state index in [0.717, 1.165) is 44.1 Å². The van der Waals surface area contributed by atoms with Crippen LogP contribution in [0.3, 0.4) is 0 Å². The first-order valence-corrected chi connectivity index (χ1v) is 20.1. The maximum atomic E-state index is 14.5. The Labute approximate surface area is 328 Å². The third-order valence-corrected chi connectivity index (χ3v) is 10.7. The molecule has 13 heteroatoms. The molecule has 3 rings (SSSR count). The van der Waals surface area contributed by atoms with Gasteiger partial charge in [0.05, 0.1) is 25.6 Å². The molecule has 1 saturated carbocycles. The lowest BCUT2D eigenvalue weighted by atomic mass is 9.81. The Kier molecular flexibility index (Phi) is 18.0. The minimum absolute atomic E-state index is 0.0328. The lowest BCUT2D eigenvalue weighted by molar-refractivity contribution is -0.141. The van der Waals surface area contributed by atoms with Crippen LogP contribution in [0.25, 0.3) is 0 Å². The van der Waals surface area contributed by atoms with Gasteiger partial charge in [0.15, 0.2) is 0 Å². The van der Waals surface area contributed by atoms with E-state index in [1.165, 1.54) is 11.2 Å². The zero-order valence-electron chi connectivity index (χ0n) is 34.7. The number of amides is 4. The zero-order valence-corrected chi connectivity index (χ0v) is 34.7. The van der Waals surface area contributed by atoms with Crippen LogP contribution in [0.1, 0.15) is 111 Å². The van der Waals surface area contributed by atoms with Crippen LogP contribution in [0.15, 0.2) is 36.8 Å². The van der Waals surface area contributed by atoms with E-state index in [1.54, 1.807) is 53.3 Å². The predicted octanol–water partition coefficient (Wildman–Crippen LogP) is 5.56. The van der Waals surface area contributed by atoms with Crippen LogP contribution in [-0.2, 0) is 32.0 Å². The number of nitrogens with zero attached hydrogens (tertiary/aromatic N) is 2. The summed E-state index contributed by atoms with van der Waals surface area (Å²) < 4.78 is 10.8. The minimum atomic E-state index is -1.07. The van der Waals surface area contributed by atoms with Crippen molar-refractivity contribution in [3.63, 3.8) is 0 Å². The number of methoxy groups -OCH3 is 1. The fourth-order valence-corrected chi connectivity index (χ4v) is 7.09. The van der Waals surface area contributed by atoms with E-state index < -0.39 is 53.7 Å². The van der Waals surface area contributed by atoms with Gasteiger partial charge >= 0.3 is 6.09 Å². The molecule has 4 amide bonds. The second kappa shape index (κ2) is 21.8. The Morgan fingerprint density at radius 2 is 1.67 bits per heavy atom. The molecule has 1 aliphatic rings. The number of ether oxygens (including phenoxy) is 2. The summed E-state index contributed by atoms with van der Waals surface area (Å²) >= 11 is 0. The van der Waals surface area contributed by atoms with Crippen molar-refractivity contribution >= 4 is 23.8 Å².